The van der Waals surface area contributed by atoms with Crippen molar-refractivity contribution in [2.75, 3.05) is 16.5 Å². The van der Waals surface area contributed by atoms with Crippen molar-refractivity contribution in [2.24, 2.45) is 0 Å². The van der Waals surface area contributed by atoms with E-state index in [-0.39, 0.29) is 5.50 Å². The summed E-state index contributed by atoms with van der Waals surface area (Å²) in [7, 11) is -11.5. The van der Waals surface area contributed by atoms with E-state index in [2.05, 4.69) is 39.3 Å². The van der Waals surface area contributed by atoms with Gasteiger partial charge in [0.25, 0.3) is 0 Å². The van der Waals surface area contributed by atoms with E-state index in [0.29, 0.717) is 11.0 Å². The maximum absolute atomic E-state index is 6.43. The van der Waals surface area contributed by atoms with Crippen LogP contribution in [0.1, 0.15) is 0 Å². The molecular weight excluding hydrogens is 455 g/mol. The third-order valence-electron chi connectivity index (χ3n) is 2.64. The van der Waals surface area contributed by atoms with Crippen molar-refractivity contribution >= 4 is 77.1 Å². The number of halogens is 3. The summed E-state index contributed by atoms with van der Waals surface area (Å²) in [6.45, 7) is 18.7. The minimum absolute atomic E-state index is 0.288. The molecule has 0 radical (unpaired) electrons. The number of rotatable bonds is 11. The third-order valence-corrected chi connectivity index (χ3v) is 23.7. The van der Waals surface area contributed by atoms with Crippen molar-refractivity contribution in [1.29, 1.82) is 0 Å². The molecule has 24 heavy (non-hydrogen) atoms. The van der Waals surface area contributed by atoms with E-state index in [1.807, 2.05) is 19.6 Å². The van der Waals surface area contributed by atoms with Gasteiger partial charge in [0.15, 0.2) is 16.6 Å². The van der Waals surface area contributed by atoms with Crippen molar-refractivity contribution in [3.63, 3.8) is 0 Å². The SMILES string of the molecule is C[Si](C)(C)O[Si](C)(CCl)O[Si](C)(CCl)O[Si](C)(CCl)O[Si](C)(C)C. The molecule has 0 heterocycles. The second-order valence-electron chi connectivity index (χ2n) is 8.44. The van der Waals surface area contributed by atoms with E-state index in [1.54, 1.807) is 0 Å². The molecule has 0 spiro atoms. The highest BCUT2D eigenvalue weighted by molar-refractivity contribution is 6.95. The average Bonchev–Trinajstić information content (AvgIpc) is 2.33. The van der Waals surface area contributed by atoms with E-state index in [9.17, 15) is 0 Å². The summed E-state index contributed by atoms with van der Waals surface area (Å²) >= 11 is 18.7. The van der Waals surface area contributed by atoms with E-state index in [1.165, 1.54) is 0 Å². The molecule has 12 heteroatoms. The van der Waals surface area contributed by atoms with Gasteiger partial charge in [0, 0.05) is 0 Å². The van der Waals surface area contributed by atoms with Gasteiger partial charge in [-0.05, 0) is 58.9 Å². The molecule has 2 unspecified atom stereocenters. The van der Waals surface area contributed by atoms with Gasteiger partial charge in [-0.1, -0.05) is 0 Å². The Hall–Kier alpha value is 1.79. The highest BCUT2D eigenvalue weighted by atomic mass is 35.5. The molecule has 0 aliphatic carbocycles. The summed E-state index contributed by atoms with van der Waals surface area (Å²) in [4.78, 5) is 0. The van der Waals surface area contributed by atoms with Crippen molar-refractivity contribution in [3.8, 4) is 0 Å². The van der Waals surface area contributed by atoms with Gasteiger partial charge in [0.2, 0.25) is 0 Å². The summed E-state index contributed by atoms with van der Waals surface area (Å²) in [6.07, 6.45) is 0. The topological polar surface area (TPSA) is 36.9 Å². The van der Waals surface area contributed by atoms with Crippen LogP contribution in [0.5, 0.6) is 0 Å². The van der Waals surface area contributed by atoms with Crippen LogP contribution in [0.15, 0.2) is 0 Å². The molecule has 0 bridgehead atoms. The molecule has 0 N–H and O–H groups in total. The molecule has 2 atom stereocenters. The molecule has 4 nitrogen and oxygen atoms in total. The maximum atomic E-state index is 6.43. The smallest absolute Gasteiger partial charge is 0.332 e. The van der Waals surface area contributed by atoms with E-state index in [4.69, 9.17) is 51.3 Å². The Bertz CT molecular complexity index is 375. The predicted octanol–water partition coefficient (Wildman–Crippen LogP) is 5.27. The molecule has 0 rings (SSSR count). The van der Waals surface area contributed by atoms with Crippen LogP contribution in [0.4, 0.5) is 0 Å². The van der Waals surface area contributed by atoms with Gasteiger partial charge in [-0.25, -0.2) is 0 Å². The molecule has 0 fully saturated rings. The summed E-state index contributed by atoms with van der Waals surface area (Å²) in [5, 5.41) is 0. The van der Waals surface area contributed by atoms with Crippen molar-refractivity contribution in [1.82, 2.24) is 0 Å². The van der Waals surface area contributed by atoms with E-state index < -0.39 is 42.3 Å². The Labute approximate surface area is 168 Å². The molecule has 0 aromatic carbocycles. The highest BCUT2D eigenvalue weighted by Gasteiger charge is 2.50. The van der Waals surface area contributed by atoms with Gasteiger partial charge in [0.1, 0.15) is 0 Å². The monoisotopic (exact) mass is 486 g/mol. The predicted molar refractivity (Wildman–Crippen MR) is 118 cm³/mol. The molecule has 0 amide bonds. The molecule has 0 aliphatic rings. The van der Waals surface area contributed by atoms with Gasteiger partial charge >= 0.3 is 25.7 Å². The van der Waals surface area contributed by atoms with Crippen LogP contribution in [0, 0.1) is 0 Å². The van der Waals surface area contributed by atoms with Crippen LogP contribution >= 0.6 is 34.8 Å². The molecule has 0 saturated heterocycles. The van der Waals surface area contributed by atoms with Gasteiger partial charge in [-0.3, -0.25) is 0 Å². The van der Waals surface area contributed by atoms with Crippen molar-refractivity contribution < 1.29 is 16.5 Å². The number of alkyl halides is 3. The molecule has 0 saturated carbocycles. The van der Waals surface area contributed by atoms with Gasteiger partial charge < -0.3 is 16.5 Å². The largest absolute Gasteiger partial charge is 0.436 e. The van der Waals surface area contributed by atoms with Crippen LogP contribution in [0.2, 0.25) is 58.9 Å². The van der Waals surface area contributed by atoms with Crippen LogP contribution in [-0.4, -0.2) is 58.8 Å². The second-order valence-corrected chi connectivity index (χ2v) is 30.2. The maximum Gasteiger partial charge on any atom is 0.332 e. The summed E-state index contributed by atoms with van der Waals surface area (Å²) < 4.78 is 25.4. The number of hydrogen-bond acceptors (Lipinski definition) is 4. The minimum atomic E-state index is -2.72. The van der Waals surface area contributed by atoms with Crippen LogP contribution in [-0.2, 0) is 16.5 Å². The van der Waals surface area contributed by atoms with Crippen LogP contribution in [0.3, 0.4) is 0 Å². The Morgan fingerprint density at radius 3 is 0.833 bits per heavy atom. The lowest BCUT2D eigenvalue weighted by atomic mass is 11.8. The standard InChI is InChI=1S/C12H33Cl3O4Si5/c1-20(2,3)16-22(7,10-13)18-24(9,12-15)19-23(8,11-14)17-21(4,5)6/h10-12H2,1-9H3. The fourth-order valence-electron chi connectivity index (χ4n) is 2.43. The first-order chi connectivity index (χ1) is 10.5. The lowest BCUT2D eigenvalue weighted by Gasteiger charge is -2.43. The molecule has 0 aliphatic heterocycles. The lowest BCUT2D eigenvalue weighted by molar-refractivity contribution is 0.297. The highest BCUT2D eigenvalue weighted by Crippen LogP contribution is 2.28. The third kappa shape index (κ3) is 10.2. The van der Waals surface area contributed by atoms with Gasteiger partial charge in [-0.2, -0.15) is 0 Å². The van der Waals surface area contributed by atoms with Crippen LogP contribution < -0.4 is 0 Å². The molecular formula is C12H33Cl3O4Si5. The zero-order chi connectivity index (χ0) is 19.4. The quantitative estimate of drug-likeness (QED) is 0.294. The van der Waals surface area contributed by atoms with Crippen LogP contribution in [0.25, 0.3) is 0 Å². The van der Waals surface area contributed by atoms with E-state index >= 15 is 0 Å². The Morgan fingerprint density at radius 1 is 0.458 bits per heavy atom. The summed E-state index contributed by atoms with van der Waals surface area (Å²) in [5.74, 6) is 0. The van der Waals surface area contributed by atoms with Crippen molar-refractivity contribution in [3.05, 3.63) is 0 Å². The first-order valence-electron chi connectivity index (χ1n) is 8.00. The fraction of sp³-hybridized carbons (Fsp3) is 1.00. The first-order valence-corrected chi connectivity index (χ1v) is 24.0. The van der Waals surface area contributed by atoms with Gasteiger partial charge in [0.05, 0.1) is 16.5 Å². The Morgan fingerprint density at radius 2 is 0.667 bits per heavy atom. The van der Waals surface area contributed by atoms with E-state index in [0.717, 1.165) is 0 Å². The normalized spacial score (nSPS) is 21.0. The fourth-order valence-corrected chi connectivity index (χ4v) is 26.0. The first kappa shape index (κ1) is 25.8. The summed E-state index contributed by atoms with van der Waals surface area (Å²) in [5.41, 5.74) is 0.971. The zero-order valence-electron chi connectivity index (χ0n) is 16.4. The lowest BCUT2D eigenvalue weighted by Crippen LogP contribution is -2.63. The Balaban J connectivity index is 5.37. The second kappa shape index (κ2) is 9.33. The molecule has 146 valence electrons. The summed E-state index contributed by atoms with van der Waals surface area (Å²) in [6, 6.07) is 0. The molecule has 0 aromatic rings. The van der Waals surface area contributed by atoms with Crippen molar-refractivity contribution in [2.45, 2.75) is 58.9 Å². The molecule has 0 aromatic heterocycles. The van der Waals surface area contributed by atoms with Gasteiger partial charge in [-0.15, -0.1) is 34.8 Å². The minimum Gasteiger partial charge on any atom is -0.436 e. The zero-order valence-corrected chi connectivity index (χ0v) is 23.7. The Kier molecular flexibility index (Phi) is 10.0. The number of hydrogen-bond donors (Lipinski definition) is 0. The average molecular weight is 488 g/mol.